The van der Waals surface area contributed by atoms with Crippen LogP contribution in [0.1, 0.15) is 14.7 Å². The Kier molecular flexibility index (Phi) is 8.08. The highest BCUT2D eigenvalue weighted by molar-refractivity contribution is 7.13. The Bertz CT molecular complexity index is 273. The lowest BCUT2D eigenvalue weighted by atomic mass is 10.6. The van der Waals surface area contributed by atoms with Crippen LogP contribution in [0.15, 0.2) is 6.20 Å². The van der Waals surface area contributed by atoms with Crippen LogP contribution in [-0.4, -0.2) is 50.4 Å². The number of thiazole rings is 1. The summed E-state index contributed by atoms with van der Waals surface area (Å²) in [6.07, 6.45) is 2.45. The van der Waals surface area contributed by atoms with Crippen LogP contribution in [-0.2, 0) is 0 Å². The monoisotopic (exact) mass is 229 g/mol. The molecule has 1 rings (SSSR count). The van der Waals surface area contributed by atoms with Crippen molar-refractivity contribution < 1.29 is 4.79 Å². The van der Waals surface area contributed by atoms with Gasteiger partial charge < -0.3 is 10.2 Å². The SMILES string of the molecule is CNCCN(C)C.Cc1cnc(C=O)s1. The lowest BCUT2D eigenvalue weighted by molar-refractivity contribution is 0.112. The highest BCUT2D eigenvalue weighted by atomic mass is 32.1. The van der Waals surface area contributed by atoms with E-state index in [0.29, 0.717) is 5.01 Å². The molecule has 0 aliphatic heterocycles. The molecular formula is C10H19N3OS. The molecule has 0 aliphatic rings. The summed E-state index contributed by atoms with van der Waals surface area (Å²) in [7, 11) is 6.10. The molecular weight excluding hydrogens is 210 g/mol. The lowest BCUT2D eigenvalue weighted by Crippen LogP contribution is -2.23. The van der Waals surface area contributed by atoms with Gasteiger partial charge in [-0.15, -0.1) is 11.3 Å². The Labute approximate surface area is 95.3 Å². The zero-order valence-corrected chi connectivity index (χ0v) is 10.6. The Balaban J connectivity index is 0.000000265. The lowest BCUT2D eigenvalue weighted by Gasteiger charge is -2.06. The third-order valence-corrected chi connectivity index (χ3v) is 2.39. The van der Waals surface area contributed by atoms with Crippen molar-refractivity contribution in [1.82, 2.24) is 15.2 Å². The molecule has 1 N–H and O–H groups in total. The van der Waals surface area contributed by atoms with E-state index in [9.17, 15) is 4.79 Å². The van der Waals surface area contributed by atoms with Crippen molar-refractivity contribution in [3.05, 3.63) is 16.1 Å². The number of likely N-dealkylation sites (N-methyl/N-ethyl adjacent to an activating group) is 2. The molecule has 4 nitrogen and oxygen atoms in total. The van der Waals surface area contributed by atoms with Crippen LogP contribution in [0.2, 0.25) is 0 Å². The van der Waals surface area contributed by atoms with Crippen LogP contribution in [0.4, 0.5) is 0 Å². The first-order valence-corrected chi connectivity index (χ1v) is 5.58. The molecule has 0 saturated heterocycles. The van der Waals surface area contributed by atoms with E-state index in [2.05, 4.69) is 29.3 Å². The van der Waals surface area contributed by atoms with Crippen LogP contribution in [0, 0.1) is 6.92 Å². The Hall–Kier alpha value is -0.780. The van der Waals surface area contributed by atoms with E-state index in [4.69, 9.17) is 0 Å². The molecule has 0 radical (unpaired) electrons. The molecule has 0 aliphatic carbocycles. The molecule has 0 fully saturated rings. The van der Waals surface area contributed by atoms with Crippen molar-refractivity contribution in [1.29, 1.82) is 0 Å². The molecule has 0 unspecified atom stereocenters. The Morgan fingerprint density at radius 2 is 2.27 bits per heavy atom. The van der Waals surface area contributed by atoms with E-state index in [-0.39, 0.29) is 0 Å². The highest BCUT2D eigenvalue weighted by Gasteiger charge is 1.92. The van der Waals surface area contributed by atoms with Gasteiger partial charge in [0, 0.05) is 24.2 Å². The summed E-state index contributed by atoms with van der Waals surface area (Å²) in [6, 6.07) is 0. The molecule has 5 heteroatoms. The molecule has 0 spiro atoms. The molecule has 1 heterocycles. The molecule has 86 valence electrons. The maximum absolute atomic E-state index is 9.97. The topological polar surface area (TPSA) is 45.2 Å². The van der Waals surface area contributed by atoms with E-state index >= 15 is 0 Å². The zero-order valence-electron chi connectivity index (χ0n) is 9.78. The summed E-state index contributed by atoms with van der Waals surface area (Å²) in [6.45, 7) is 4.12. The fourth-order valence-electron chi connectivity index (χ4n) is 0.762. The smallest absolute Gasteiger partial charge is 0.178 e. The number of hydrogen-bond acceptors (Lipinski definition) is 5. The van der Waals surface area contributed by atoms with Gasteiger partial charge in [-0.05, 0) is 28.1 Å². The van der Waals surface area contributed by atoms with Crippen molar-refractivity contribution in [2.24, 2.45) is 0 Å². The standard InChI is InChI=1S/C5H14N2.C5H5NOS/c1-6-4-5-7(2)3;1-4-2-6-5(3-7)8-4/h6H,4-5H2,1-3H3;2-3H,1H3. The number of carbonyl (C=O) groups is 1. The molecule has 1 aromatic rings. The Morgan fingerprint density at radius 1 is 1.60 bits per heavy atom. The fraction of sp³-hybridized carbons (Fsp3) is 0.600. The molecule has 15 heavy (non-hydrogen) atoms. The van der Waals surface area contributed by atoms with E-state index < -0.39 is 0 Å². The van der Waals surface area contributed by atoms with Crippen molar-refractivity contribution in [3.63, 3.8) is 0 Å². The van der Waals surface area contributed by atoms with Gasteiger partial charge in [0.2, 0.25) is 0 Å². The minimum Gasteiger partial charge on any atom is -0.318 e. The highest BCUT2D eigenvalue weighted by Crippen LogP contribution is 2.07. The van der Waals surface area contributed by atoms with Crippen LogP contribution in [0.5, 0.6) is 0 Å². The number of rotatable bonds is 4. The minimum atomic E-state index is 0.558. The zero-order chi connectivity index (χ0) is 11.7. The van der Waals surface area contributed by atoms with Crippen molar-refractivity contribution in [3.8, 4) is 0 Å². The first-order chi connectivity index (χ1) is 7.10. The molecule has 0 amide bonds. The number of aromatic nitrogens is 1. The second kappa shape index (κ2) is 8.52. The number of carbonyl (C=O) groups excluding carboxylic acids is 1. The third kappa shape index (κ3) is 8.23. The molecule has 0 bridgehead atoms. The minimum absolute atomic E-state index is 0.558. The van der Waals surface area contributed by atoms with Crippen LogP contribution in [0.3, 0.4) is 0 Å². The van der Waals surface area contributed by atoms with Gasteiger partial charge in [0.1, 0.15) is 0 Å². The predicted molar refractivity (Wildman–Crippen MR) is 64.7 cm³/mol. The van der Waals surface area contributed by atoms with E-state index in [1.54, 1.807) is 6.20 Å². The Morgan fingerprint density at radius 3 is 2.47 bits per heavy atom. The summed E-state index contributed by atoms with van der Waals surface area (Å²) in [5, 5.41) is 3.62. The van der Waals surface area contributed by atoms with Crippen LogP contribution in [0.25, 0.3) is 0 Å². The maximum atomic E-state index is 9.97. The van der Waals surface area contributed by atoms with Gasteiger partial charge in [0.15, 0.2) is 11.3 Å². The fourth-order valence-corrected chi connectivity index (χ4v) is 1.35. The predicted octanol–water partition coefficient (Wildman–Crippen LogP) is 1.03. The number of nitrogens with zero attached hydrogens (tertiary/aromatic N) is 2. The normalized spacial score (nSPS) is 9.67. The maximum Gasteiger partial charge on any atom is 0.178 e. The summed E-state index contributed by atoms with van der Waals surface area (Å²) < 4.78 is 0. The summed E-state index contributed by atoms with van der Waals surface area (Å²) in [5.74, 6) is 0. The van der Waals surface area contributed by atoms with Crippen molar-refractivity contribution in [2.45, 2.75) is 6.92 Å². The first kappa shape index (κ1) is 14.2. The van der Waals surface area contributed by atoms with E-state index in [0.717, 1.165) is 24.3 Å². The van der Waals surface area contributed by atoms with Crippen molar-refractivity contribution >= 4 is 17.6 Å². The average Bonchev–Trinajstić information content (AvgIpc) is 2.62. The number of hydrogen-bond donors (Lipinski definition) is 1. The van der Waals surface area contributed by atoms with Gasteiger partial charge in [0.05, 0.1) is 0 Å². The molecule has 1 aromatic heterocycles. The van der Waals surface area contributed by atoms with Gasteiger partial charge in [-0.25, -0.2) is 4.98 Å². The van der Waals surface area contributed by atoms with Gasteiger partial charge in [-0.2, -0.15) is 0 Å². The molecule has 0 atom stereocenters. The number of aryl methyl sites for hydroxylation is 1. The second-order valence-electron chi connectivity index (χ2n) is 3.33. The summed E-state index contributed by atoms with van der Waals surface area (Å²) in [5.41, 5.74) is 0. The van der Waals surface area contributed by atoms with Crippen molar-refractivity contribution in [2.75, 3.05) is 34.2 Å². The average molecular weight is 229 g/mol. The van der Waals surface area contributed by atoms with E-state index in [1.807, 2.05) is 14.0 Å². The van der Waals surface area contributed by atoms with Crippen LogP contribution >= 0.6 is 11.3 Å². The molecule has 0 saturated carbocycles. The number of nitrogens with one attached hydrogen (secondary N) is 1. The second-order valence-corrected chi connectivity index (χ2v) is 4.60. The van der Waals surface area contributed by atoms with Crippen LogP contribution < -0.4 is 5.32 Å². The summed E-state index contributed by atoms with van der Waals surface area (Å²) in [4.78, 5) is 17.0. The van der Waals surface area contributed by atoms with E-state index in [1.165, 1.54) is 11.3 Å². The molecule has 0 aromatic carbocycles. The van der Waals surface area contributed by atoms with Gasteiger partial charge in [-0.1, -0.05) is 0 Å². The van der Waals surface area contributed by atoms with Gasteiger partial charge >= 0.3 is 0 Å². The largest absolute Gasteiger partial charge is 0.318 e. The number of aldehydes is 1. The van der Waals surface area contributed by atoms with Gasteiger partial charge in [0.25, 0.3) is 0 Å². The van der Waals surface area contributed by atoms with Gasteiger partial charge in [-0.3, -0.25) is 4.79 Å². The third-order valence-electron chi connectivity index (χ3n) is 1.55. The first-order valence-electron chi connectivity index (χ1n) is 4.77. The quantitative estimate of drug-likeness (QED) is 0.783. The summed E-state index contributed by atoms with van der Waals surface area (Å²) >= 11 is 1.41.